The Kier molecular flexibility index (Phi) is 30.0. The number of benzene rings is 3. The molecular weight excluding hydrogens is 1240 g/mol. The van der Waals surface area contributed by atoms with Gasteiger partial charge in [0.05, 0.1) is 25.6 Å². The Balaban J connectivity index is 0.834. The van der Waals surface area contributed by atoms with Crippen LogP contribution in [0.1, 0.15) is 68.6 Å². The summed E-state index contributed by atoms with van der Waals surface area (Å²) in [5.41, 5.74) is 2.69. The summed E-state index contributed by atoms with van der Waals surface area (Å²) >= 11 is 16.7. The maximum absolute atomic E-state index is 12.6. The van der Waals surface area contributed by atoms with Gasteiger partial charge in [0.25, 0.3) is 0 Å². The maximum atomic E-state index is 12.6. The molecule has 18 unspecified atom stereocenters. The van der Waals surface area contributed by atoms with Gasteiger partial charge in [-0.2, -0.15) is 15.3 Å². The van der Waals surface area contributed by atoms with Crippen molar-refractivity contribution in [2.24, 2.45) is 15.3 Å². The Morgan fingerprint density at radius 1 is 0.558 bits per heavy atom. The fraction of sp³-hybridized carbons (Fsp3) is 0.585. The van der Waals surface area contributed by atoms with Gasteiger partial charge in [0.1, 0.15) is 84.4 Å². The van der Waals surface area contributed by atoms with Gasteiger partial charge in [-0.1, -0.05) is 37.8 Å². The van der Waals surface area contributed by atoms with Crippen molar-refractivity contribution >= 4 is 81.2 Å². The first-order chi connectivity index (χ1) is 41.2. The van der Waals surface area contributed by atoms with E-state index in [0.29, 0.717) is 55.9 Å². The molecular formula is C53H80N7O20P3S3. The Hall–Kier alpha value is -3.75. The highest BCUT2D eigenvalue weighted by atomic mass is 32.4. The molecule has 11 N–H and O–H groups in total. The molecule has 3 aliphatic heterocycles. The summed E-state index contributed by atoms with van der Waals surface area (Å²) < 4.78 is 56.7. The molecule has 3 saturated heterocycles. The minimum Gasteiger partial charge on any atom is -0.450 e. The Morgan fingerprint density at radius 2 is 1.00 bits per heavy atom. The van der Waals surface area contributed by atoms with E-state index in [4.69, 9.17) is 77.4 Å². The molecule has 0 bridgehead atoms. The van der Waals surface area contributed by atoms with Crippen LogP contribution in [-0.4, -0.2) is 230 Å². The summed E-state index contributed by atoms with van der Waals surface area (Å²) in [6.07, 6.45) is -15.9. The number of amides is 1. The molecule has 480 valence electrons. The van der Waals surface area contributed by atoms with Gasteiger partial charge in [0.15, 0.2) is 25.2 Å². The van der Waals surface area contributed by atoms with Gasteiger partial charge in [-0.25, -0.2) is 14.3 Å². The molecule has 1 amide bonds. The van der Waals surface area contributed by atoms with Crippen molar-refractivity contribution in [2.75, 3.05) is 47.5 Å². The van der Waals surface area contributed by atoms with Crippen LogP contribution in [0.5, 0.6) is 17.2 Å². The number of aliphatic hydroxyl groups excluding tert-OH is 10. The van der Waals surface area contributed by atoms with Gasteiger partial charge in [-0.3, -0.25) is 4.79 Å². The van der Waals surface area contributed by atoms with Gasteiger partial charge in [-0.15, -0.1) is 0 Å². The molecule has 3 aromatic carbocycles. The zero-order chi connectivity index (χ0) is 62.5. The van der Waals surface area contributed by atoms with E-state index < -0.39 is 127 Å². The molecule has 3 fully saturated rings. The molecule has 0 aliphatic carbocycles. The highest BCUT2D eigenvalue weighted by molar-refractivity contribution is 8.02. The van der Waals surface area contributed by atoms with Crippen LogP contribution in [-0.2, 0) is 75.1 Å². The lowest BCUT2D eigenvalue weighted by Crippen LogP contribution is -2.66. The predicted molar refractivity (Wildman–Crippen MR) is 330 cm³/mol. The number of aliphatic hydroxyl groups is 10. The largest absolute Gasteiger partial charge is 0.450 e. The van der Waals surface area contributed by atoms with Gasteiger partial charge in [0.2, 0.25) is 27.1 Å². The number of hydrazone groups is 3. The number of nitrogens with one attached hydrogen (secondary N) is 1. The van der Waals surface area contributed by atoms with E-state index in [1.165, 1.54) is 0 Å². The lowest BCUT2D eigenvalue weighted by molar-refractivity contribution is -0.402. The van der Waals surface area contributed by atoms with Crippen molar-refractivity contribution in [3.05, 3.63) is 89.5 Å². The highest BCUT2D eigenvalue weighted by Gasteiger charge is 2.54. The predicted octanol–water partition coefficient (Wildman–Crippen LogP) is 1.02. The third-order valence-corrected chi connectivity index (χ3v) is 20.0. The molecule has 3 aromatic rings. The third-order valence-electron chi connectivity index (χ3n) is 13.7. The summed E-state index contributed by atoms with van der Waals surface area (Å²) in [6.45, 7) is 0.841. The highest BCUT2D eigenvalue weighted by Crippen LogP contribution is 2.36. The normalized spacial score (nSPS) is 28.9. The average Bonchev–Trinajstić information content (AvgIpc) is 1.55. The fourth-order valence-corrected chi connectivity index (χ4v) is 11.9. The molecule has 3 aliphatic rings. The van der Waals surface area contributed by atoms with Crippen LogP contribution in [0.2, 0.25) is 0 Å². The quantitative estimate of drug-likeness (QED) is 0.0175. The van der Waals surface area contributed by atoms with E-state index >= 15 is 0 Å². The number of rotatable bonds is 33. The van der Waals surface area contributed by atoms with E-state index in [2.05, 4.69) is 20.6 Å². The lowest BCUT2D eigenvalue weighted by atomic mass is 9.97. The van der Waals surface area contributed by atoms with E-state index in [1.807, 2.05) is 79.7 Å². The zero-order valence-corrected chi connectivity index (χ0v) is 53.2. The maximum Gasteiger partial charge on any atom is 0.220 e. The van der Waals surface area contributed by atoms with Crippen LogP contribution in [0.3, 0.4) is 0 Å². The van der Waals surface area contributed by atoms with Crippen molar-refractivity contribution in [1.82, 2.24) is 19.7 Å². The van der Waals surface area contributed by atoms with E-state index in [-0.39, 0.29) is 12.5 Å². The van der Waals surface area contributed by atoms with Crippen LogP contribution in [0.25, 0.3) is 0 Å². The molecule has 18 atom stereocenters. The molecule has 0 spiro atoms. The Morgan fingerprint density at radius 3 is 1.50 bits per heavy atom. The summed E-state index contributed by atoms with van der Waals surface area (Å²) in [5, 5.41) is 120. The van der Waals surface area contributed by atoms with Crippen LogP contribution in [0, 0.1) is 0 Å². The summed E-state index contributed by atoms with van der Waals surface area (Å²) in [4.78, 5) is 12.6. The molecule has 3 heterocycles. The fourth-order valence-electron chi connectivity index (χ4n) is 8.72. The second-order valence-corrected chi connectivity index (χ2v) is 27.4. The third kappa shape index (κ3) is 21.5. The number of carbonyl (C=O) groups excluding carboxylic acids is 1. The number of carbonyl (C=O) groups is 1. The number of nitrogens with zero attached hydrogens (tertiary/aromatic N) is 6. The van der Waals surface area contributed by atoms with Gasteiger partial charge < -0.3 is 98.4 Å². The van der Waals surface area contributed by atoms with Crippen molar-refractivity contribution < 1.29 is 97.9 Å². The molecule has 86 heavy (non-hydrogen) atoms. The topological polar surface area (TPSA) is 361 Å². The zero-order valence-electron chi connectivity index (χ0n) is 47.8. The van der Waals surface area contributed by atoms with Crippen molar-refractivity contribution in [3.8, 4) is 17.2 Å². The summed E-state index contributed by atoms with van der Waals surface area (Å²) in [7, 11) is -0.231. The smallest absolute Gasteiger partial charge is 0.220 e. The van der Waals surface area contributed by atoms with Gasteiger partial charge in [-0.05, 0) is 139 Å². The van der Waals surface area contributed by atoms with Gasteiger partial charge >= 0.3 is 0 Å². The van der Waals surface area contributed by atoms with Crippen LogP contribution in [0.15, 0.2) is 88.1 Å². The number of hydrogen-bond acceptors (Lipinski definition) is 26. The second kappa shape index (κ2) is 36.2. The molecule has 27 nitrogen and oxygen atoms in total. The average molecular weight is 1320 g/mol. The first kappa shape index (κ1) is 71.3. The molecule has 33 heteroatoms. The number of unbranched alkanes of at least 4 members (excludes halogenated alkanes) is 5. The minimum atomic E-state index is -2.02. The van der Waals surface area contributed by atoms with Gasteiger partial charge in [0, 0.05) is 46.9 Å². The number of hydrogen-bond donors (Lipinski definition) is 11. The second-order valence-electron chi connectivity index (χ2n) is 20.1. The van der Waals surface area contributed by atoms with E-state index in [9.17, 15) is 55.9 Å². The van der Waals surface area contributed by atoms with E-state index in [0.717, 1.165) is 36.0 Å². The molecule has 0 radical (unpaired) electrons. The SMILES string of the molecule is C/C=N/N(C)[PH](=S)Oc1ccc(/C=N/N(C)[PH](=S)Oc2ccc(/C=N/N(C)[PH](=S)Oc3ccc(CCNC(=O)CCCCCCCCOC4OC(CO)C(O)C(O)C4OC4OC(CO)C(O)C(O)C4OC4OC(O)C(O)C(O)C4O)cc3)cc2)cc1. The summed E-state index contributed by atoms with van der Waals surface area (Å²) in [5.74, 6) is 1.82. The molecule has 0 saturated carbocycles. The van der Waals surface area contributed by atoms with Crippen LogP contribution < -0.4 is 18.9 Å². The Bertz CT molecular complexity index is 2710. The number of ether oxygens (including phenoxy) is 6. The first-order valence-electron chi connectivity index (χ1n) is 27.8. The summed E-state index contributed by atoms with van der Waals surface area (Å²) in [6, 6.07) is 22.3. The van der Waals surface area contributed by atoms with Crippen LogP contribution >= 0.6 is 21.2 Å². The Labute approximate surface area is 516 Å². The minimum absolute atomic E-state index is 0.0497. The van der Waals surface area contributed by atoms with Crippen molar-refractivity contribution in [2.45, 2.75) is 151 Å². The lowest BCUT2D eigenvalue weighted by Gasteiger charge is -2.48. The van der Waals surface area contributed by atoms with E-state index in [1.54, 1.807) is 54.1 Å². The van der Waals surface area contributed by atoms with Crippen LogP contribution in [0.4, 0.5) is 0 Å². The monoisotopic (exact) mass is 1320 g/mol. The first-order valence-corrected chi connectivity index (χ1v) is 35.2. The molecule has 0 aromatic heterocycles. The standard InChI is InChI=1S/C53H80N7O20P3S3/c1-5-55-58(2)81(84)78-36-21-15-33(16-22-36)28-57-60(4)83(86)80-37-23-17-34(18-24-37)29-56-59(3)82(85)79-35-19-13-32(14-20-35)25-26-54-40(63)12-10-8-6-7-9-11-27-72-52-48(44(67)41(64)38(30-61)73-52)76-53-49(45(68)42(65)39(31-62)74-53)75-51-47(70)43(66)46(69)50(71)77-51/h5,13-24,28-29,38-39,41-53,61-62,64-71,81-83H,6-12,25-27,30-31H2,1-4H3,(H,54,63)/b55-5+,56-29+,57-28+. The van der Waals surface area contributed by atoms with Crippen molar-refractivity contribution in [1.29, 1.82) is 0 Å². The molecule has 6 rings (SSSR count). The van der Waals surface area contributed by atoms with Crippen molar-refractivity contribution in [3.63, 3.8) is 0 Å².